The first kappa shape index (κ1) is 28.6. The van der Waals surface area contributed by atoms with Crippen LogP contribution in [0.25, 0.3) is 27.5 Å². The fraction of sp³-hybridized carbons (Fsp3) is 0.0227. The molecule has 0 amide bonds. The maximum atomic E-state index is 16.1. The first-order valence-electron chi connectivity index (χ1n) is 16.4. The molecule has 0 aliphatic carbocycles. The quantitative estimate of drug-likeness (QED) is 0.137. The average Bonchev–Trinajstić information content (AvgIpc) is 3.50. The van der Waals surface area contributed by atoms with Crippen molar-refractivity contribution in [3.63, 3.8) is 0 Å². The predicted octanol–water partition coefficient (Wildman–Crippen LogP) is 8.57. The highest BCUT2D eigenvalue weighted by Gasteiger charge is 2.56. The van der Waals surface area contributed by atoms with Gasteiger partial charge in [0.15, 0.2) is 7.14 Å². The van der Waals surface area contributed by atoms with Crippen LogP contribution in [0.15, 0.2) is 180 Å². The third-order valence-corrected chi connectivity index (χ3v) is 15.9. The predicted molar refractivity (Wildman–Crippen MR) is 204 cm³/mol. The van der Waals surface area contributed by atoms with Crippen molar-refractivity contribution < 1.29 is 8.77 Å². The summed E-state index contributed by atoms with van der Waals surface area (Å²) in [6, 6.07) is 57.5. The number of para-hydroxylation sites is 2. The highest BCUT2D eigenvalue weighted by molar-refractivity contribution is 8.00. The summed E-state index contributed by atoms with van der Waals surface area (Å²) in [6.07, 6.45) is 0. The highest BCUT2D eigenvalue weighted by atomic mass is 32.2. The first-order valence-corrected chi connectivity index (χ1v) is 19.9. The summed E-state index contributed by atoms with van der Waals surface area (Å²) in [5.41, 5.74) is 5.84. The minimum Gasteiger partial charge on any atom is -0.309 e. The lowest BCUT2D eigenvalue weighted by Crippen LogP contribution is -2.49. The van der Waals surface area contributed by atoms with Gasteiger partial charge in [-0.15, -0.1) is 0 Å². The van der Waals surface area contributed by atoms with E-state index >= 15 is 8.77 Å². The minimum atomic E-state index is -3.35. The fourth-order valence-electron chi connectivity index (χ4n) is 8.72. The molecule has 0 fully saturated rings. The van der Waals surface area contributed by atoms with E-state index in [-0.39, 0.29) is 0 Å². The van der Waals surface area contributed by atoms with Crippen molar-refractivity contribution >= 4 is 60.3 Å². The maximum absolute atomic E-state index is 16.1. The monoisotopic (exact) mass is 667 g/mol. The van der Waals surface area contributed by atoms with Crippen molar-refractivity contribution in [2.45, 2.75) is 15.2 Å². The standard InChI is InChI=1S/C44H30NO2PS/c1-49(47)40-27-15-11-23-36(40)44(34-21-9-13-25-38(34)48(46,31-18-6-3-7-19-31)39-26-14-10-22-35(39)44)42-41(49)29-28-33-32-20-8-12-24-37(32)45(43(33)42)30-16-4-2-5-17-30/h2-29H,1H2. The van der Waals surface area contributed by atoms with E-state index in [1.165, 1.54) is 0 Å². The van der Waals surface area contributed by atoms with E-state index in [1.54, 1.807) is 0 Å². The van der Waals surface area contributed by atoms with Crippen molar-refractivity contribution in [2.75, 3.05) is 0 Å². The van der Waals surface area contributed by atoms with E-state index in [2.05, 4.69) is 95.4 Å². The van der Waals surface area contributed by atoms with Gasteiger partial charge in [-0.3, -0.25) is 4.21 Å². The van der Waals surface area contributed by atoms with Gasteiger partial charge < -0.3 is 9.13 Å². The van der Waals surface area contributed by atoms with E-state index < -0.39 is 22.1 Å². The van der Waals surface area contributed by atoms with Gasteiger partial charge in [0.2, 0.25) is 0 Å². The molecular weight excluding hydrogens is 638 g/mol. The molecule has 1 unspecified atom stereocenters. The Morgan fingerprint density at radius 2 is 1.08 bits per heavy atom. The van der Waals surface area contributed by atoms with Gasteiger partial charge in [0.25, 0.3) is 0 Å². The van der Waals surface area contributed by atoms with Crippen molar-refractivity contribution in [1.82, 2.24) is 4.57 Å². The van der Waals surface area contributed by atoms with Gasteiger partial charge >= 0.3 is 0 Å². The van der Waals surface area contributed by atoms with Crippen molar-refractivity contribution in [3.05, 3.63) is 192 Å². The van der Waals surface area contributed by atoms with Crippen LogP contribution in [0.5, 0.6) is 0 Å². The molecule has 2 aliphatic heterocycles. The molecule has 7 aromatic carbocycles. The summed E-state index contributed by atoms with van der Waals surface area (Å²) in [5, 5.41) is 4.58. The van der Waals surface area contributed by atoms with Gasteiger partial charge in [0.05, 0.1) is 16.4 Å². The van der Waals surface area contributed by atoms with Crippen LogP contribution in [0.2, 0.25) is 0 Å². The third-order valence-electron chi connectivity index (χ3n) is 10.6. The Hall–Kier alpha value is -5.41. The van der Waals surface area contributed by atoms with Crippen LogP contribution in [0, 0.1) is 0 Å². The Morgan fingerprint density at radius 1 is 0.531 bits per heavy atom. The Kier molecular flexibility index (Phi) is 5.87. The molecule has 0 bridgehead atoms. The number of fused-ring (bicyclic) bond motifs is 12. The number of rotatable bonds is 2. The lowest BCUT2D eigenvalue weighted by atomic mass is 9.64. The van der Waals surface area contributed by atoms with Crippen LogP contribution in [0.1, 0.15) is 22.3 Å². The lowest BCUT2D eigenvalue weighted by Gasteiger charge is -2.48. The SMILES string of the molecule is C=S1(=O)c2ccccc2C2(c3ccccc3P(=O)(c3ccccc3)c3ccccc32)c2c1ccc1c3ccccc3n(-c3ccccc3)c21. The molecule has 1 atom stereocenters. The zero-order chi connectivity index (χ0) is 33.0. The zero-order valence-corrected chi connectivity index (χ0v) is 28.2. The van der Waals surface area contributed by atoms with Crippen molar-refractivity contribution in [1.29, 1.82) is 0 Å². The number of hydrogen-bond donors (Lipinski definition) is 0. The molecule has 0 N–H and O–H groups in total. The van der Waals surface area contributed by atoms with Crippen LogP contribution < -0.4 is 15.9 Å². The van der Waals surface area contributed by atoms with Gasteiger partial charge in [-0.1, -0.05) is 140 Å². The minimum absolute atomic E-state index is 0.708. The molecule has 49 heavy (non-hydrogen) atoms. The first-order chi connectivity index (χ1) is 24.0. The number of nitrogens with zero attached hydrogens (tertiary/aromatic N) is 1. The molecule has 2 aliphatic rings. The molecule has 1 spiro atoms. The molecule has 3 heterocycles. The van der Waals surface area contributed by atoms with Crippen molar-refractivity contribution in [3.8, 4) is 5.69 Å². The van der Waals surface area contributed by atoms with E-state index in [4.69, 9.17) is 0 Å². The zero-order valence-electron chi connectivity index (χ0n) is 26.5. The fourth-order valence-corrected chi connectivity index (χ4v) is 13.9. The molecule has 5 heteroatoms. The van der Waals surface area contributed by atoms with Crippen molar-refractivity contribution in [2.24, 2.45) is 0 Å². The second kappa shape index (κ2) is 10.1. The summed E-state index contributed by atoms with van der Waals surface area (Å²) in [5.74, 6) is 4.51. The molecule has 10 rings (SSSR count). The number of benzene rings is 7. The van der Waals surface area contributed by atoms with Crippen LogP contribution in [-0.2, 0) is 19.5 Å². The summed E-state index contributed by atoms with van der Waals surface area (Å²) >= 11 is 0. The molecule has 8 aromatic rings. The Morgan fingerprint density at radius 3 is 1.78 bits per heavy atom. The highest BCUT2D eigenvalue weighted by Crippen LogP contribution is 2.62. The summed E-state index contributed by atoms with van der Waals surface area (Å²) < 4.78 is 33.8. The maximum Gasteiger partial charge on any atom is 0.171 e. The van der Waals surface area contributed by atoms with E-state index in [0.717, 1.165) is 65.7 Å². The van der Waals surface area contributed by atoms with Crippen LogP contribution in [0.3, 0.4) is 0 Å². The molecule has 1 aromatic heterocycles. The van der Waals surface area contributed by atoms with Gasteiger partial charge in [-0.25, -0.2) is 0 Å². The molecule has 0 saturated heterocycles. The lowest BCUT2D eigenvalue weighted by molar-refractivity contribution is 0.589. The van der Waals surface area contributed by atoms with Crippen LogP contribution in [-0.4, -0.2) is 14.6 Å². The Bertz CT molecular complexity index is 2770. The molecular formula is C44H30NO2PS. The Balaban J connectivity index is 1.51. The summed E-state index contributed by atoms with van der Waals surface area (Å²) in [7, 11) is -6.32. The second-order valence-corrected chi connectivity index (χ2v) is 17.9. The smallest absolute Gasteiger partial charge is 0.171 e. The van der Waals surface area contributed by atoms with Gasteiger partial charge in [0.1, 0.15) is 0 Å². The van der Waals surface area contributed by atoms with E-state index in [9.17, 15) is 0 Å². The average molecular weight is 668 g/mol. The number of aromatic nitrogens is 1. The molecule has 3 nitrogen and oxygen atoms in total. The topological polar surface area (TPSA) is 39.1 Å². The Labute approximate surface area is 285 Å². The van der Waals surface area contributed by atoms with Gasteiger partial charge in [0, 0.05) is 57.2 Å². The second-order valence-electron chi connectivity index (χ2n) is 12.9. The van der Waals surface area contributed by atoms with Gasteiger partial charge in [-0.2, -0.15) is 0 Å². The van der Waals surface area contributed by atoms with Crippen LogP contribution >= 0.6 is 7.14 Å². The normalized spacial score (nSPS) is 22.0. The van der Waals surface area contributed by atoms with Gasteiger partial charge in [-0.05, 0) is 52.9 Å². The van der Waals surface area contributed by atoms with E-state index in [1.807, 2.05) is 84.9 Å². The summed E-state index contributed by atoms with van der Waals surface area (Å²) in [4.78, 5) is 1.42. The number of hydrogen-bond acceptors (Lipinski definition) is 2. The molecule has 0 saturated carbocycles. The summed E-state index contributed by atoms with van der Waals surface area (Å²) in [6.45, 7) is 0. The largest absolute Gasteiger partial charge is 0.309 e. The third kappa shape index (κ3) is 3.50. The van der Waals surface area contributed by atoms with E-state index in [0.29, 0.717) is 9.79 Å². The molecule has 0 radical (unpaired) electrons. The molecule has 234 valence electrons. The van der Waals surface area contributed by atoms with Crippen LogP contribution in [0.4, 0.5) is 0 Å².